The molecule has 0 bridgehead atoms. The lowest BCUT2D eigenvalue weighted by Gasteiger charge is -2.19. The van der Waals surface area contributed by atoms with E-state index in [2.05, 4.69) is 15.9 Å². The first-order valence-corrected chi connectivity index (χ1v) is 9.00. The van der Waals surface area contributed by atoms with Gasteiger partial charge in [-0.05, 0) is 34.8 Å². The maximum Gasteiger partial charge on any atom is 0.245 e. The number of nitrogens with zero attached hydrogens (tertiary/aromatic N) is 1. The highest BCUT2D eigenvalue weighted by molar-refractivity contribution is 9.11. The molecule has 1 aliphatic heterocycles. The number of thiophene rings is 1. The Morgan fingerprint density at radius 1 is 1.28 bits per heavy atom. The largest absolute Gasteiger partial charge is 0.391 e. The molecule has 1 N–H and O–H groups in total. The van der Waals surface area contributed by atoms with Gasteiger partial charge in [-0.3, -0.25) is 0 Å². The van der Waals surface area contributed by atoms with Crippen LogP contribution in [0.25, 0.3) is 0 Å². The van der Waals surface area contributed by atoms with Gasteiger partial charge in [0.1, 0.15) is 4.90 Å². The fourth-order valence-electron chi connectivity index (χ4n) is 2.07. The Morgan fingerprint density at radius 2 is 1.89 bits per heavy atom. The molecule has 2 heterocycles. The van der Waals surface area contributed by atoms with E-state index in [1.807, 2.05) is 0 Å². The van der Waals surface area contributed by atoms with Gasteiger partial charge >= 0.3 is 0 Å². The van der Waals surface area contributed by atoms with E-state index in [0.29, 0.717) is 26.6 Å². The van der Waals surface area contributed by atoms with Crippen molar-refractivity contribution >= 4 is 37.3 Å². The molecule has 2 rings (SSSR count). The average Bonchev–Trinajstić information content (AvgIpc) is 2.55. The van der Waals surface area contributed by atoms with Crippen LogP contribution in [0.1, 0.15) is 30.6 Å². The van der Waals surface area contributed by atoms with E-state index < -0.39 is 10.0 Å². The Kier molecular flexibility index (Phi) is 4.82. The third kappa shape index (κ3) is 2.96. The van der Waals surface area contributed by atoms with Crippen LogP contribution in [0.3, 0.4) is 0 Å². The number of aliphatic hydroxyl groups excluding tert-OH is 1. The molecule has 0 amide bonds. The number of hydrogen-bond acceptors (Lipinski definition) is 4. The Hall–Kier alpha value is 0.0500. The summed E-state index contributed by atoms with van der Waals surface area (Å²) < 4.78 is 27.2. The summed E-state index contributed by atoms with van der Waals surface area (Å²) in [4.78, 5) is 0.953. The Bertz CT molecular complexity index is 504. The summed E-state index contributed by atoms with van der Waals surface area (Å²) in [6.07, 6.45) is 4.04. The molecule has 0 spiro atoms. The molecule has 1 saturated heterocycles. The molecule has 102 valence electrons. The second kappa shape index (κ2) is 6.00. The third-order valence-corrected chi connectivity index (χ3v) is 7.18. The van der Waals surface area contributed by atoms with Gasteiger partial charge < -0.3 is 5.11 Å². The van der Waals surface area contributed by atoms with Crippen molar-refractivity contribution in [1.29, 1.82) is 0 Å². The summed E-state index contributed by atoms with van der Waals surface area (Å²) >= 11 is 4.55. The highest BCUT2D eigenvalue weighted by atomic mass is 79.9. The zero-order valence-electron chi connectivity index (χ0n) is 9.93. The van der Waals surface area contributed by atoms with Crippen molar-refractivity contribution in [3.8, 4) is 0 Å². The lowest BCUT2D eigenvalue weighted by atomic mass is 10.2. The number of hydrogen-bond donors (Lipinski definition) is 1. The van der Waals surface area contributed by atoms with E-state index in [1.165, 1.54) is 11.3 Å². The Labute approximate surface area is 120 Å². The maximum atomic E-state index is 12.5. The van der Waals surface area contributed by atoms with E-state index in [-0.39, 0.29) is 6.61 Å². The van der Waals surface area contributed by atoms with Crippen LogP contribution in [0.5, 0.6) is 0 Å². The minimum absolute atomic E-state index is 0.126. The summed E-state index contributed by atoms with van der Waals surface area (Å²) in [7, 11) is -3.42. The molecule has 1 fully saturated rings. The molecule has 1 aromatic rings. The first-order valence-electron chi connectivity index (χ1n) is 5.95. The molecule has 0 radical (unpaired) electrons. The number of rotatable bonds is 3. The van der Waals surface area contributed by atoms with Gasteiger partial charge in [0.05, 0.1) is 10.4 Å². The zero-order chi connectivity index (χ0) is 13.2. The molecule has 0 unspecified atom stereocenters. The number of sulfonamides is 1. The maximum absolute atomic E-state index is 12.5. The van der Waals surface area contributed by atoms with Crippen LogP contribution in [-0.4, -0.2) is 30.9 Å². The minimum atomic E-state index is -3.42. The summed E-state index contributed by atoms with van der Waals surface area (Å²) in [5.74, 6) is 0. The molecule has 4 nitrogen and oxygen atoms in total. The van der Waals surface area contributed by atoms with Crippen LogP contribution in [0, 0.1) is 0 Å². The molecule has 7 heteroatoms. The quantitative estimate of drug-likeness (QED) is 0.908. The molecule has 0 aromatic carbocycles. The molecule has 0 atom stereocenters. The monoisotopic (exact) mass is 353 g/mol. The molecular weight excluding hydrogens is 338 g/mol. The molecule has 18 heavy (non-hydrogen) atoms. The van der Waals surface area contributed by atoms with Crippen LogP contribution < -0.4 is 0 Å². The van der Waals surface area contributed by atoms with Crippen molar-refractivity contribution < 1.29 is 13.5 Å². The van der Waals surface area contributed by atoms with E-state index in [0.717, 1.165) is 25.7 Å². The standard InChI is InChI=1S/C11H16BrNO3S2/c12-11-10(7-9(8-14)17-11)18(15,16)13-5-3-1-2-4-6-13/h7,14H,1-6,8H2. The molecule has 1 aliphatic rings. The average molecular weight is 354 g/mol. The van der Waals surface area contributed by atoms with Gasteiger partial charge in [0.25, 0.3) is 0 Å². The summed E-state index contributed by atoms with van der Waals surface area (Å²) in [6, 6.07) is 1.56. The predicted octanol–water partition coefficient (Wildman–Crippen LogP) is 2.57. The molecule has 1 aromatic heterocycles. The van der Waals surface area contributed by atoms with Crippen molar-refractivity contribution in [2.24, 2.45) is 0 Å². The second-order valence-electron chi connectivity index (χ2n) is 4.33. The van der Waals surface area contributed by atoms with E-state index >= 15 is 0 Å². The SMILES string of the molecule is O=S(=O)(c1cc(CO)sc1Br)N1CCCCCC1. The third-order valence-electron chi connectivity index (χ3n) is 3.05. The lowest BCUT2D eigenvalue weighted by Crippen LogP contribution is -2.31. The lowest BCUT2D eigenvalue weighted by molar-refractivity contribution is 0.285. The van der Waals surface area contributed by atoms with E-state index in [1.54, 1.807) is 10.4 Å². The van der Waals surface area contributed by atoms with Crippen LogP contribution >= 0.6 is 27.3 Å². The molecule has 0 saturated carbocycles. The van der Waals surface area contributed by atoms with E-state index in [9.17, 15) is 8.42 Å². The first kappa shape index (κ1) is 14.5. The van der Waals surface area contributed by atoms with Crippen molar-refractivity contribution in [2.45, 2.75) is 37.2 Å². The van der Waals surface area contributed by atoms with Crippen LogP contribution in [0.2, 0.25) is 0 Å². The number of aliphatic hydroxyl groups is 1. The predicted molar refractivity (Wildman–Crippen MR) is 75.2 cm³/mol. The minimum Gasteiger partial charge on any atom is -0.391 e. The molecular formula is C11H16BrNO3S2. The van der Waals surface area contributed by atoms with Crippen molar-refractivity contribution in [3.63, 3.8) is 0 Å². The van der Waals surface area contributed by atoms with Gasteiger partial charge in [0.2, 0.25) is 10.0 Å². The Balaban J connectivity index is 2.31. The van der Waals surface area contributed by atoms with Crippen LogP contribution in [0.4, 0.5) is 0 Å². The van der Waals surface area contributed by atoms with Gasteiger partial charge in [-0.15, -0.1) is 11.3 Å². The van der Waals surface area contributed by atoms with Gasteiger partial charge in [-0.25, -0.2) is 8.42 Å². The van der Waals surface area contributed by atoms with Gasteiger partial charge in [-0.1, -0.05) is 12.8 Å². The van der Waals surface area contributed by atoms with Gasteiger partial charge in [0, 0.05) is 18.0 Å². The fraction of sp³-hybridized carbons (Fsp3) is 0.636. The summed E-state index contributed by atoms with van der Waals surface area (Å²) in [6.45, 7) is 1.07. The summed E-state index contributed by atoms with van der Waals surface area (Å²) in [5.41, 5.74) is 0. The summed E-state index contributed by atoms with van der Waals surface area (Å²) in [5, 5.41) is 9.08. The number of halogens is 1. The molecule has 0 aliphatic carbocycles. The van der Waals surface area contributed by atoms with Crippen molar-refractivity contribution in [2.75, 3.05) is 13.1 Å². The smallest absolute Gasteiger partial charge is 0.245 e. The van der Waals surface area contributed by atoms with E-state index in [4.69, 9.17) is 5.11 Å². The van der Waals surface area contributed by atoms with Gasteiger partial charge in [0.15, 0.2) is 0 Å². The highest BCUT2D eigenvalue weighted by Crippen LogP contribution is 2.34. The second-order valence-corrected chi connectivity index (χ2v) is 8.69. The topological polar surface area (TPSA) is 57.6 Å². The first-order chi connectivity index (χ1) is 8.55. The van der Waals surface area contributed by atoms with Crippen molar-refractivity contribution in [3.05, 3.63) is 14.7 Å². The fourth-order valence-corrected chi connectivity index (χ4v) is 6.08. The van der Waals surface area contributed by atoms with Crippen molar-refractivity contribution in [1.82, 2.24) is 4.31 Å². The van der Waals surface area contributed by atoms with Crippen LogP contribution in [0.15, 0.2) is 14.7 Å². The van der Waals surface area contributed by atoms with Gasteiger partial charge in [-0.2, -0.15) is 4.31 Å². The highest BCUT2D eigenvalue weighted by Gasteiger charge is 2.28. The Morgan fingerprint density at radius 3 is 2.39 bits per heavy atom. The van der Waals surface area contributed by atoms with Crippen LogP contribution in [-0.2, 0) is 16.6 Å². The normalized spacial score (nSPS) is 18.8. The zero-order valence-corrected chi connectivity index (χ0v) is 13.2.